The first-order chi connectivity index (χ1) is 9.17. The second-order valence-corrected chi connectivity index (χ2v) is 5.83. The molecule has 0 saturated carbocycles. The fourth-order valence-corrected chi connectivity index (χ4v) is 2.68. The smallest absolute Gasteiger partial charge is 0.193 e. The van der Waals surface area contributed by atoms with E-state index >= 15 is 0 Å². The van der Waals surface area contributed by atoms with E-state index in [0.717, 1.165) is 25.6 Å². The van der Waals surface area contributed by atoms with Gasteiger partial charge in [-0.3, -0.25) is 4.99 Å². The summed E-state index contributed by atoms with van der Waals surface area (Å²) in [7, 11) is 1.85. The zero-order chi connectivity index (χ0) is 13.7. The number of rotatable bonds is 3. The van der Waals surface area contributed by atoms with E-state index in [0.29, 0.717) is 25.2 Å². The van der Waals surface area contributed by atoms with E-state index < -0.39 is 0 Å². The lowest BCUT2D eigenvalue weighted by atomic mass is 9.87. The summed E-state index contributed by atoms with van der Waals surface area (Å²) in [5, 5.41) is 3.41. The summed E-state index contributed by atoms with van der Waals surface area (Å²) < 4.78 is 11.0. The van der Waals surface area contributed by atoms with Gasteiger partial charge in [0.1, 0.15) is 0 Å². The maximum atomic E-state index is 5.64. The van der Waals surface area contributed by atoms with E-state index in [2.05, 4.69) is 29.1 Å². The van der Waals surface area contributed by atoms with Crippen LogP contribution >= 0.6 is 0 Å². The van der Waals surface area contributed by atoms with E-state index in [-0.39, 0.29) is 6.10 Å². The summed E-state index contributed by atoms with van der Waals surface area (Å²) in [5.41, 5.74) is 0.433. The second-order valence-electron chi connectivity index (χ2n) is 5.83. The standard InChI is InChI=1S/C14H27N3O2/c1-4-14(2)5-6-17(11-14)13(15-3)16-9-12-10-18-7-8-19-12/h12H,4-11H2,1-3H3,(H,15,16). The number of hydrogen-bond acceptors (Lipinski definition) is 3. The summed E-state index contributed by atoms with van der Waals surface area (Å²) in [5.74, 6) is 0.992. The van der Waals surface area contributed by atoms with Crippen molar-refractivity contribution in [2.45, 2.75) is 32.8 Å². The van der Waals surface area contributed by atoms with Crippen molar-refractivity contribution in [2.75, 3.05) is 46.5 Å². The first-order valence-corrected chi connectivity index (χ1v) is 7.32. The lowest BCUT2D eigenvalue weighted by Crippen LogP contribution is -2.46. The summed E-state index contributed by atoms with van der Waals surface area (Å²) in [6.07, 6.45) is 2.61. The zero-order valence-corrected chi connectivity index (χ0v) is 12.4. The highest BCUT2D eigenvalue weighted by atomic mass is 16.6. The van der Waals surface area contributed by atoms with E-state index in [9.17, 15) is 0 Å². The minimum atomic E-state index is 0.144. The van der Waals surface area contributed by atoms with Crippen LogP contribution in [-0.2, 0) is 9.47 Å². The number of nitrogens with one attached hydrogen (secondary N) is 1. The topological polar surface area (TPSA) is 46.1 Å². The Kier molecular flexibility index (Phi) is 5.05. The molecule has 0 bridgehead atoms. The van der Waals surface area contributed by atoms with Crippen LogP contribution in [0.5, 0.6) is 0 Å². The molecular weight excluding hydrogens is 242 g/mol. The maximum absolute atomic E-state index is 5.64. The molecule has 0 amide bonds. The van der Waals surface area contributed by atoms with Crippen LogP contribution in [0.2, 0.25) is 0 Å². The van der Waals surface area contributed by atoms with Gasteiger partial charge in [0.2, 0.25) is 0 Å². The Morgan fingerprint density at radius 1 is 1.47 bits per heavy atom. The number of aliphatic imine (C=N–C) groups is 1. The van der Waals surface area contributed by atoms with E-state index in [1.54, 1.807) is 0 Å². The van der Waals surface area contributed by atoms with Crippen molar-refractivity contribution >= 4 is 5.96 Å². The van der Waals surface area contributed by atoms with Crippen molar-refractivity contribution in [3.05, 3.63) is 0 Å². The van der Waals surface area contributed by atoms with Crippen LogP contribution in [-0.4, -0.2) is 63.5 Å². The highest BCUT2D eigenvalue weighted by molar-refractivity contribution is 5.80. The number of nitrogens with zero attached hydrogens (tertiary/aromatic N) is 2. The molecule has 2 rings (SSSR count). The van der Waals surface area contributed by atoms with Crippen LogP contribution in [0, 0.1) is 5.41 Å². The van der Waals surface area contributed by atoms with E-state index in [1.807, 2.05) is 7.05 Å². The van der Waals surface area contributed by atoms with Gasteiger partial charge in [0.15, 0.2) is 5.96 Å². The number of hydrogen-bond donors (Lipinski definition) is 1. The van der Waals surface area contributed by atoms with Gasteiger partial charge in [0.05, 0.1) is 25.9 Å². The Morgan fingerprint density at radius 2 is 2.32 bits per heavy atom. The lowest BCUT2D eigenvalue weighted by molar-refractivity contribution is -0.0851. The highest BCUT2D eigenvalue weighted by Crippen LogP contribution is 2.32. The minimum Gasteiger partial charge on any atom is -0.376 e. The summed E-state index contributed by atoms with van der Waals surface area (Å²) in [6.45, 7) is 9.67. The Morgan fingerprint density at radius 3 is 2.89 bits per heavy atom. The first-order valence-electron chi connectivity index (χ1n) is 7.32. The molecule has 0 aromatic carbocycles. The highest BCUT2D eigenvalue weighted by Gasteiger charge is 2.33. The van der Waals surface area contributed by atoms with Crippen molar-refractivity contribution in [1.82, 2.24) is 10.2 Å². The largest absolute Gasteiger partial charge is 0.376 e. The molecule has 19 heavy (non-hydrogen) atoms. The third-order valence-corrected chi connectivity index (χ3v) is 4.30. The molecule has 0 radical (unpaired) electrons. The fraction of sp³-hybridized carbons (Fsp3) is 0.929. The molecule has 2 aliphatic rings. The van der Waals surface area contributed by atoms with Crippen LogP contribution in [0.15, 0.2) is 4.99 Å². The minimum absolute atomic E-state index is 0.144. The SMILES string of the molecule is CCC1(C)CCN(C(=NC)NCC2COCCO2)C1. The van der Waals surface area contributed by atoms with Crippen LogP contribution in [0.1, 0.15) is 26.7 Å². The molecule has 0 aromatic rings. The average Bonchev–Trinajstić information content (AvgIpc) is 2.84. The molecular formula is C14H27N3O2. The van der Waals surface area contributed by atoms with Gasteiger partial charge in [0, 0.05) is 26.7 Å². The molecule has 0 aliphatic carbocycles. The van der Waals surface area contributed by atoms with Gasteiger partial charge < -0.3 is 19.7 Å². The Labute approximate surface area is 116 Å². The van der Waals surface area contributed by atoms with Gasteiger partial charge in [0.25, 0.3) is 0 Å². The molecule has 1 N–H and O–H groups in total. The molecule has 0 aromatic heterocycles. The van der Waals surface area contributed by atoms with Crippen LogP contribution in [0.4, 0.5) is 0 Å². The quantitative estimate of drug-likeness (QED) is 0.615. The van der Waals surface area contributed by atoms with Crippen LogP contribution in [0.25, 0.3) is 0 Å². The van der Waals surface area contributed by atoms with Gasteiger partial charge >= 0.3 is 0 Å². The predicted octanol–water partition coefficient (Wildman–Crippen LogP) is 1.10. The monoisotopic (exact) mass is 269 g/mol. The average molecular weight is 269 g/mol. The van der Waals surface area contributed by atoms with Crippen molar-refractivity contribution < 1.29 is 9.47 Å². The van der Waals surface area contributed by atoms with E-state index in [1.165, 1.54) is 12.8 Å². The third-order valence-electron chi connectivity index (χ3n) is 4.30. The molecule has 5 nitrogen and oxygen atoms in total. The Bertz CT molecular complexity index is 316. The van der Waals surface area contributed by atoms with Gasteiger partial charge in [-0.1, -0.05) is 13.8 Å². The molecule has 2 atom stereocenters. The normalized spacial score (nSPS) is 32.7. The summed E-state index contributed by atoms with van der Waals surface area (Å²) in [4.78, 5) is 6.74. The molecule has 5 heteroatoms. The van der Waals surface area contributed by atoms with Crippen LogP contribution < -0.4 is 5.32 Å². The van der Waals surface area contributed by atoms with Gasteiger partial charge in [-0.15, -0.1) is 0 Å². The molecule has 0 spiro atoms. The lowest BCUT2D eigenvalue weighted by Gasteiger charge is -2.28. The van der Waals surface area contributed by atoms with E-state index in [4.69, 9.17) is 9.47 Å². The molecule has 2 heterocycles. The Balaban J connectivity index is 1.80. The second kappa shape index (κ2) is 6.57. The fourth-order valence-electron chi connectivity index (χ4n) is 2.68. The maximum Gasteiger partial charge on any atom is 0.193 e. The van der Waals surface area contributed by atoms with Crippen molar-refractivity contribution in [3.63, 3.8) is 0 Å². The van der Waals surface area contributed by atoms with Crippen molar-refractivity contribution in [3.8, 4) is 0 Å². The number of ether oxygens (including phenoxy) is 2. The first kappa shape index (κ1) is 14.6. The molecule has 2 fully saturated rings. The number of guanidine groups is 1. The van der Waals surface area contributed by atoms with Gasteiger partial charge in [-0.25, -0.2) is 0 Å². The molecule has 2 aliphatic heterocycles. The molecule has 2 unspecified atom stereocenters. The zero-order valence-electron chi connectivity index (χ0n) is 12.4. The summed E-state index contributed by atoms with van der Waals surface area (Å²) >= 11 is 0. The van der Waals surface area contributed by atoms with Crippen molar-refractivity contribution in [1.29, 1.82) is 0 Å². The molecule has 2 saturated heterocycles. The molecule has 110 valence electrons. The Hall–Kier alpha value is -0.810. The predicted molar refractivity (Wildman–Crippen MR) is 76.5 cm³/mol. The van der Waals surface area contributed by atoms with Crippen molar-refractivity contribution in [2.24, 2.45) is 10.4 Å². The van der Waals surface area contributed by atoms with Gasteiger partial charge in [-0.05, 0) is 18.3 Å². The number of likely N-dealkylation sites (tertiary alicyclic amines) is 1. The third kappa shape index (κ3) is 3.83. The van der Waals surface area contributed by atoms with Crippen LogP contribution in [0.3, 0.4) is 0 Å². The van der Waals surface area contributed by atoms with Gasteiger partial charge in [-0.2, -0.15) is 0 Å². The summed E-state index contributed by atoms with van der Waals surface area (Å²) in [6, 6.07) is 0.